The Morgan fingerprint density at radius 1 is 1.14 bits per heavy atom. The summed E-state index contributed by atoms with van der Waals surface area (Å²) in [7, 11) is 0. The van der Waals surface area contributed by atoms with Crippen LogP contribution in [-0.4, -0.2) is 11.8 Å². The van der Waals surface area contributed by atoms with Gasteiger partial charge in [0.2, 0.25) is 0 Å². The number of ether oxygens (including phenoxy) is 1. The van der Waals surface area contributed by atoms with Gasteiger partial charge >= 0.3 is 5.97 Å². The van der Waals surface area contributed by atoms with Gasteiger partial charge in [-0.15, -0.1) is 0 Å². The summed E-state index contributed by atoms with van der Waals surface area (Å²) in [6.07, 6.45) is 2.34. The molecule has 0 aliphatic carbocycles. The van der Waals surface area contributed by atoms with Crippen LogP contribution in [0.4, 0.5) is 4.39 Å². The van der Waals surface area contributed by atoms with Gasteiger partial charge in [0, 0.05) is 17.2 Å². The summed E-state index contributed by atoms with van der Waals surface area (Å²) in [4.78, 5) is 22.8. The van der Waals surface area contributed by atoms with Crippen molar-refractivity contribution in [2.24, 2.45) is 0 Å². The molecule has 0 unspecified atom stereocenters. The molecule has 0 atom stereocenters. The van der Waals surface area contributed by atoms with Crippen molar-refractivity contribution in [3.8, 4) is 5.75 Å². The molecule has 5 heteroatoms. The second-order valence-electron chi connectivity index (χ2n) is 4.47. The van der Waals surface area contributed by atoms with Crippen LogP contribution in [-0.2, 0) is 4.79 Å². The molecule has 0 saturated heterocycles. The first-order valence-corrected chi connectivity index (χ1v) is 6.80. The lowest BCUT2D eigenvalue weighted by molar-refractivity contribution is -0.128. The van der Waals surface area contributed by atoms with Crippen molar-refractivity contribution in [1.29, 1.82) is 0 Å². The maximum Gasteiger partial charge on any atom is 0.336 e. The highest BCUT2D eigenvalue weighted by atomic mass is 35.5. The number of ketones is 1. The van der Waals surface area contributed by atoms with E-state index in [9.17, 15) is 14.0 Å². The number of halogens is 2. The molecule has 0 spiro atoms. The minimum absolute atomic E-state index is 0.0769. The van der Waals surface area contributed by atoms with E-state index in [1.807, 2.05) is 0 Å². The number of carbonyl (C=O) groups is 2. The Balaban J connectivity index is 2.06. The van der Waals surface area contributed by atoms with Gasteiger partial charge < -0.3 is 4.74 Å². The molecular weight excluding hydrogens is 307 g/mol. The fourth-order valence-corrected chi connectivity index (χ4v) is 1.96. The van der Waals surface area contributed by atoms with Crippen molar-refractivity contribution in [2.45, 2.75) is 6.92 Å². The van der Waals surface area contributed by atoms with Gasteiger partial charge in [-0.05, 0) is 49.4 Å². The van der Waals surface area contributed by atoms with E-state index in [2.05, 4.69) is 0 Å². The smallest absolute Gasteiger partial charge is 0.336 e. The van der Waals surface area contributed by atoms with Crippen LogP contribution in [0.25, 0.3) is 6.08 Å². The Kier molecular flexibility index (Phi) is 5.07. The number of carbonyl (C=O) groups excluding carboxylic acids is 2. The van der Waals surface area contributed by atoms with Crippen LogP contribution >= 0.6 is 11.6 Å². The highest BCUT2D eigenvalue weighted by Crippen LogP contribution is 2.20. The first-order valence-electron chi connectivity index (χ1n) is 6.42. The number of hydrogen-bond donors (Lipinski definition) is 0. The Bertz CT molecular complexity index is 716. The van der Waals surface area contributed by atoms with Crippen LogP contribution in [0, 0.1) is 5.82 Å². The Labute approximate surface area is 132 Å². The Morgan fingerprint density at radius 2 is 1.82 bits per heavy atom. The first-order chi connectivity index (χ1) is 10.5. The Morgan fingerprint density at radius 3 is 2.41 bits per heavy atom. The molecule has 2 aromatic carbocycles. The third kappa shape index (κ3) is 4.02. The van der Waals surface area contributed by atoms with Gasteiger partial charge in [0.1, 0.15) is 11.6 Å². The molecular formula is C17H12ClFO3. The third-order valence-electron chi connectivity index (χ3n) is 2.87. The summed E-state index contributed by atoms with van der Waals surface area (Å²) in [6, 6.07) is 10.4. The predicted molar refractivity (Wildman–Crippen MR) is 82.5 cm³/mol. The monoisotopic (exact) mass is 318 g/mol. The van der Waals surface area contributed by atoms with E-state index < -0.39 is 11.8 Å². The molecule has 0 bridgehead atoms. The van der Waals surface area contributed by atoms with Crippen LogP contribution in [0.2, 0.25) is 5.02 Å². The minimum Gasteiger partial charge on any atom is -0.423 e. The van der Waals surface area contributed by atoms with Gasteiger partial charge in [-0.2, -0.15) is 0 Å². The lowest BCUT2D eigenvalue weighted by atomic mass is 10.1. The highest BCUT2D eigenvalue weighted by molar-refractivity contribution is 6.32. The lowest BCUT2D eigenvalue weighted by Gasteiger charge is -2.02. The molecule has 0 radical (unpaired) electrons. The Hall–Kier alpha value is -2.46. The second-order valence-corrected chi connectivity index (χ2v) is 4.88. The van der Waals surface area contributed by atoms with Gasteiger partial charge in [-0.1, -0.05) is 17.7 Å². The van der Waals surface area contributed by atoms with Gasteiger partial charge in [-0.25, -0.2) is 9.18 Å². The zero-order chi connectivity index (χ0) is 16.1. The van der Waals surface area contributed by atoms with E-state index in [0.717, 1.165) is 6.08 Å². The van der Waals surface area contributed by atoms with Crippen molar-refractivity contribution < 1.29 is 18.7 Å². The van der Waals surface area contributed by atoms with Crippen molar-refractivity contribution in [3.05, 3.63) is 70.5 Å². The van der Waals surface area contributed by atoms with E-state index in [-0.39, 0.29) is 16.4 Å². The first kappa shape index (κ1) is 15.9. The van der Waals surface area contributed by atoms with Crippen molar-refractivity contribution >= 4 is 29.4 Å². The summed E-state index contributed by atoms with van der Waals surface area (Å²) < 4.78 is 18.6. The van der Waals surface area contributed by atoms with Crippen LogP contribution in [0.5, 0.6) is 5.75 Å². The predicted octanol–water partition coefficient (Wildman–Crippen LogP) is 4.30. The van der Waals surface area contributed by atoms with Gasteiger partial charge in [0.05, 0.1) is 5.02 Å². The molecule has 0 amide bonds. The summed E-state index contributed by atoms with van der Waals surface area (Å²) in [5.41, 5.74) is 0.640. The number of benzene rings is 2. The topological polar surface area (TPSA) is 43.4 Å². The van der Waals surface area contributed by atoms with Gasteiger partial charge in [0.25, 0.3) is 0 Å². The molecule has 0 saturated carbocycles. The van der Waals surface area contributed by atoms with E-state index >= 15 is 0 Å². The normalized spacial score (nSPS) is 10.7. The molecule has 0 heterocycles. The molecule has 3 nitrogen and oxygen atoms in total. The molecule has 2 rings (SSSR count). The zero-order valence-electron chi connectivity index (χ0n) is 11.7. The van der Waals surface area contributed by atoms with E-state index in [1.165, 1.54) is 43.3 Å². The second kappa shape index (κ2) is 7.00. The van der Waals surface area contributed by atoms with Crippen LogP contribution in [0.3, 0.4) is 0 Å². The molecule has 0 aliphatic heterocycles. The van der Waals surface area contributed by atoms with Crippen molar-refractivity contribution in [2.75, 3.05) is 0 Å². The fraction of sp³-hybridized carbons (Fsp3) is 0.0588. The number of rotatable bonds is 4. The van der Waals surface area contributed by atoms with E-state index in [0.29, 0.717) is 11.3 Å². The largest absolute Gasteiger partial charge is 0.423 e. The summed E-state index contributed by atoms with van der Waals surface area (Å²) >= 11 is 5.84. The summed E-state index contributed by atoms with van der Waals surface area (Å²) in [5, 5.41) is 0.204. The standard InChI is InChI=1S/C17H12ClFO3/c1-11(20)12-5-7-13(8-6-12)22-17(21)10-9-14-15(18)3-2-4-16(14)19/h2-10H,1H3/b10-9+. The van der Waals surface area contributed by atoms with Crippen molar-refractivity contribution in [3.63, 3.8) is 0 Å². The van der Waals surface area contributed by atoms with Crippen LogP contribution in [0.15, 0.2) is 48.5 Å². The molecule has 112 valence electrons. The molecule has 2 aromatic rings. The number of Topliss-reactive ketones (excluding diaryl/α,β-unsaturated/α-hetero) is 1. The van der Waals surface area contributed by atoms with E-state index in [1.54, 1.807) is 12.1 Å². The summed E-state index contributed by atoms with van der Waals surface area (Å²) in [6.45, 7) is 1.45. The minimum atomic E-state index is -0.671. The highest BCUT2D eigenvalue weighted by Gasteiger charge is 2.06. The number of esters is 1. The van der Waals surface area contributed by atoms with Crippen molar-refractivity contribution in [1.82, 2.24) is 0 Å². The lowest BCUT2D eigenvalue weighted by Crippen LogP contribution is -2.04. The summed E-state index contributed by atoms with van der Waals surface area (Å²) in [5.74, 6) is -0.983. The average molecular weight is 319 g/mol. The van der Waals surface area contributed by atoms with Crippen LogP contribution in [0.1, 0.15) is 22.8 Å². The molecule has 0 aliphatic rings. The van der Waals surface area contributed by atoms with Gasteiger partial charge in [-0.3, -0.25) is 4.79 Å². The quantitative estimate of drug-likeness (QED) is 0.365. The zero-order valence-corrected chi connectivity index (χ0v) is 12.4. The van der Waals surface area contributed by atoms with Crippen LogP contribution < -0.4 is 4.74 Å². The van der Waals surface area contributed by atoms with Gasteiger partial charge in [0.15, 0.2) is 5.78 Å². The van der Waals surface area contributed by atoms with E-state index in [4.69, 9.17) is 16.3 Å². The molecule has 0 N–H and O–H groups in total. The molecule has 22 heavy (non-hydrogen) atoms. The maximum atomic E-state index is 13.5. The average Bonchev–Trinajstić information content (AvgIpc) is 2.47. The molecule has 0 fully saturated rings. The third-order valence-corrected chi connectivity index (χ3v) is 3.19. The number of hydrogen-bond acceptors (Lipinski definition) is 3. The fourth-order valence-electron chi connectivity index (χ4n) is 1.73. The SMILES string of the molecule is CC(=O)c1ccc(OC(=O)/C=C/c2c(F)cccc2Cl)cc1. The maximum absolute atomic E-state index is 13.5. The molecule has 0 aromatic heterocycles.